The highest BCUT2D eigenvalue weighted by Gasteiger charge is 2.13. The Bertz CT molecular complexity index is 506. The van der Waals surface area contributed by atoms with Gasteiger partial charge < -0.3 is 5.32 Å². The Morgan fingerprint density at radius 3 is 2.67 bits per heavy atom. The first kappa shape index (κ1) is 12.7. The van der Waals surface area contributed by atoms with Crippen LogP contribution in [0.25, 0.3) is 0 Å². The fraction of sp³-hybridized carbons (Fsp3) is 0.462. The van der Waals surface area contributed by atoms with Crippen LogP contribution >= 0.6 is 0 Å². The number of rotatable bonds is 5. The zero-order chi connectivity index (χ0) is 13.0. The molecule has 18 heavy (non-hydrogen) atoms. The molecule has 0 saturated heterocycles. The van der Waals surface area contributed by atoms with Gasteiger partial charge in [-0.2, -0.15) is 0 Å². The van der Waals surface area contributed by atoms with E-state index in [4.69, 9.17) is 0 Å². The van der Waals surface area contributed by atoms with Crippen LogP contribution in [0.2, 0.25) is 0 Å². The van der Waals surface area contributed by atoms with Crippen LogP contribution in [-0.2, 0) is 13.0 Å². The maximum Gasteiger partial charge on any atom is 0.168 e. The minimum Gasteiger partial charge on any atom is -0.311 e. The first-order valence-electron chi connectivity index (χ1n) is 6.26. The highest BCUT2D eigenvalue weighted by molar-refractivity contribution is 5.27. The second-order valence-electron chi connectivity index (χ2n) is 4.33. The molecule has 2 rings (SSSR count). The average molecular weight is 245 g/mol. The molecule has 5 nitrogen and oxygen atoms in total. The SMILES string of the molecule is CCc1ccccc1Cn1nnnc1C(C)NC. The van der Waals surface area contributed by atoms with Crippen LogP contribution in [0.1, 0.15) is 36.8 Å². The third-order valence-electron chi connectivity index (χ3n) is 3.20. The average Bonchev–Trinajstić information content (AvgIpc) is 2.86. The van der Waals surface area contributed by atoms with Gasteiger partial charge in [0, 0.05) is 0 Å². The summed E-state index contributed by atoms with van der Waals surface area (Å²) in [6, 6.07) is 8.56. The molecule has 1 aromatic heterocycles. The van der Waals surface area contributed by atoms with E-state index in [-0.39, 0.29) is 6.04 Å². The van der Waals surface area contributed by atoms with Crippen LogP contribution in [0.15, 0.2) is 24.3 Å². The van der Waals surface area contributed by atoms with E-state index >= 15 is 0 Å². The Labute approximate surface area is 107 Å². The fourth-order valence-corrected chi connectivity index (χ4v) is 1.98. The quantitative estimate of drug-likeness (QED) is 0.868. The van der Waals surface area contributed by atoms with E-state index in [0.29, 0.717) is 0 Å². The van der Waals surface area contributed by atoms with Gasteiger partial charge in [0.1, 0.15) is 0 Å². The molecular formula is C13H19N5. The van der Waals surface area contributed by atoms with Crippen molar-refractivity contribution in [3.63, 3.8) is 0 Å². The fourth-order valence-electron chi connectivity index (χ4n) is 1.98. The predicted octanol–water partition coefficient (Wildman–Crippen LogP) is 1.56. The van der Waals surface area contributed by atoms with Crippen molar-refractivity contribution in [1.82, 2.24) is 25.5 Å². The molecule has 0 aliphatic heterocycles. The number of hydrogen-bond donors (Lipinski definition) is 1. The smallest absolute Gasteiger partial charge is 0.168 e. The first-order chi connectivity index (χ1) is 8.76. The van der Waals surface area contributed by atoms with Crippen molar-refractivity contribution in [2.45, 2.75) is 32.9 Å². The lowest BCUT2D eigenvalue weighted by molar-refractivity contribution is 0.539. The molecule has 0 radical (unpaired) electrons. The largest absolute Gasteiger partial charge is 0.311 e. The van der Waals surface area contributed by atoms with Crippen molar-refractivity contribution in [1.29, 1.82) is 0 Å². The van der Waals surface area contributed by atoms with Gasteiger partial charge in [0.15, 0.2) is 5.82 Å². The Kier molecular flexibility index (Phi) is 4.04. The standard InChI is InChI=1S/C13H19N5/c1-4-11-7-5-6-8-12(11)9-18-13(10(2)14-3)15-16-17-18/h5-8,10,14H,4,9H2,1-3H3. The normalized spacial score (nSPS) is 12.6. The Balaban J connectivity index is 2.26. The van der Waals surface area contributed by atoms with Gasteiger partial charge in [0.25, 0.3) is 0 Å². The van der Waals surface area contributed by atoms with Gasteiger partial charge in [-0.25, -0.2) is 4.68 Å². The third kappa shape index (κ3) is 2.56. The topological polar surface area (TPSA) is 55.6 Å². The molecule has 0 aliphatic rings. The Morgan fingerprint density at radius 1 is 1.28 bits per heavy atom. The number of nitrogens with one attached hydrogen (secondary N) is 1. The maximum atomic E-state index is 4.08. The van der Waals surface area contributed by atoms with Gasteiger partial charge >= 0.3 is 0 Å². The van der Waals surface area contributed by atoms with Crippen molar-refractivity contribution in [2.75, 3.05) is 7.05 Å². The highest BCUT2D eigenvalue weighted by Crippen LogP contribution is 2.13. The molecule has 0 fully saturated rings. The minimum absolute atomic E-state index is 0.147. The van der Waals surface area contributed by atoms with Crippen molar-refractivity contribution in [2.24, 2.45) is 0 Å². The number of nitrogens with zero attached hydrogens (tertiary/aromatic N) is 4. The summed E-state index contributed by atoms with van der Waals surface area (Å²) in [6.07, 6.45) is 1.02. The van der Waals surface area contributed by atoms with Gasteiger partial charge in [-0.1, -0.05) is 31.2 Å². The molecule has 96 valence electrons. The van der Waals surface area contributed by atoms with E-state index in [1.165, 1.54) is 11.1 Å². The zero-order valence-corrected chi connectivity index (χ0v) is 11.1. The molecule has 1 N–H and O–H groups in total. The van der Waals surface area contributed by atoms with E-state index in [9.17, 15) is 0 Å². The summed E-state index contributed by atoms with van der Waals surface area (Å²) >= 11 is 0. The number of benzene rings is 1. The van der Waals surface area contributed by atoms with Crippen LogP contribution in [0, 0.1) is 0 Å². The van der Waals surface area contributed by atoms with E-state index < -0.39 is 0 Å². The molecule has 0 amide bonds. The second-order valence-corrected chi connectivity index (χ2v) is 4.33. The van der Waals surface area contributed by atoms with Crippen LogP contribution in [0.4, 0.5) is 0 Å². The molecule has 1 heterocycles. The van der Waals surface area contributed by atoms with Crippen LogP contribution in [-0.4, -0.2) is 27.3 Å². The lowest BCUT2D eigenvalue weighted by Gasteiger charge is -2.12. The summed E-state index contributed by atoms with van der Waals surface area (Å²) in [5.41, 5.74) is 2.62. The van der Waals surface area contributed by atoms with E-state index in [1.54, 1.807) is 0 Å². The Morgan fingerprint density at radius 2 is 2.00 bits per heavy atom. The summed E-state index contributed by atoms with van der Waals surface area (Å²) in [5, 5.41) is 15.1. The third-order valence-corrected chi connectivity index (χ3v) is 3.20. The summed E-state index contributed by atoms with van der Waals surface area (Å²) in [6.45, 7) is 4.93. The molecule has 1 aromatic carbocycles. The molecule has 0 saturated carbocycles. The maximum absolute atomic E-state index is 4.08. The molecule has 0 aliphatic carbocycles. The van der Waals surface area contributed by atoms with Gasteiger partial charge in [0.05, 0.1) is 12.6 Å². The zero-order valence-electron chi connectivity index (χ0n) is 11.1. The number of tetrazole rings is 1. The van der Waals surface area contributed by atoms with E-state index in [2.05, 4.69) is 52.0 Å². The van der Waals surface area contributed by atoms with Crippen LogP contribution < -0.4 is 5.32 Å². The van der Waals surface area contributed by atoms with Gasteiger partial charge in [-0.05, 0) is 41.9 Å². The summed E-state index contributed by atoms with van der Waals surface area (Å²) in [4.78, 5) is 0. The summed E-state index contributed by atoms with van der Waals surface area (Å²) in [5.74, 6) is 0.864. The van der Waals surface area contributed by atoms with Crippen LogP contribution in [0.3, 0.4) is 0 Å². The lowest BCUT2D eigenvalue weighted by Crippen LogP contribution is -2.19. The van der Waals surface area contributed by atoms with Crippen molar-refractivity contribution in [3.05, 3.63) is 41.2 Å². The second kappa shape index (κ2) is 5.73. The number of aryl methyl sites for hydroxylation is 1. The molecule has 5 heteroatoms. The Hall–Kier alpha value is -1.75. The predicted molar refractivity (Wildman–Crippen MR) is 70.2 cm³/mol. The minimum atomic E-state index is 0.147. The van der Waals surface area contributed by atoms with Crippen molar-refractivity contribution >= 4 is 0 Å². The summed E-state index contributed by atoms with van der Waals surface area (Å²) in [7, 11) is 1.91. The monoisotopic (exact) mass is 245 g/mol. The molecular weight excluding hydrogens is 226 g/mol. The molecule has 0 spiro atoms. The van der Waals surface area contributed by atoms with Gasteiger partial charge in [-0.3, -0.25) is 0 Å². The van der Waals surface area contributed by atoms with Crippen LogP contribution in [0.5, 0.6) is 0 Å². The van der Waals surface area contributed by atoms with E-state index in [1.807, 2.05) is 18.7 Å². The molecule has 1 unspecified atom stereocenters. The number of hydrogen-bond acceptors (Lipinski definition) is 4. The first-order valence-corrected chi connectivity index (χ1v) is 6.26. The highest BCUT2D eigenvalue weighted by atomic mass is 15.5. The molecule has 1 atom stereocenters. The van der Waals surface area contributed by atoms with Gasteiger partial charge in [0.2, 0.25) is 0 Å². The number of aromatic nitrogens is 4. The van der Waals surface area contributed by atoms with Gasteiger partial charge in [-0.15, -0.1) is 5.10 Å². The van der Waals surface area contributed by atoms with E-state index in [0.717, 1.165) is 18.8 Å². The lowest BCUT2D eigenvalue weighted by atomic mass is 10.1. The summed E-state index contributed by atoms with van der Waals surface area (Å²) < 4.78 is 1.86. The molecule has 0 bridgehead atoms. The van der Waals surface area contributed by atoms with Crippen molar-refractivity contribution in [3.8, 4) is 0 Å². The molecule has 2 aromatic rings. The van der Waals surface area contributed by atoms with Crippen molar-refractivity contribution < 1.29 is 0 Å².